The highest BCUT2D eigenvalue weighted by Crippen LogP contribution is 2.57. The van der Waals surface area contributed by atoms with Gasteiger partial charge in [0.05, 0.1) is 11.9 Å². The summed E-state index contributed by atoms with van der Waals surface area (Å²) < 4.78 is 12.5. The van der Waals surface area contributed by atoms with Gasteiger partial charge in [-0.15, -0.1) is 0 Å². The number of rotatable bonds is 3. The number of ether oxygens (including phenoxy) is 2. The molecule has 0 aromatic heterocycles. The van der Waals surface area contributed by atoms with Gasteiger partial charge >= 0.3 is 0 Å². The molecule has 1 fully saturated rings. The van der Waals surface area contributed by atoms with Crippen LogP contribution in [0.4, 0.5) is 0 Å². The van der Waals surface area contributed by atoms with Crippen LogP contribution in [0.25, 0.3) is 6.08 Å². The Hall–Kier alpha value is -2.06. The van der Waals surface area contributed by atoms with Crippen LogP contribution < -0.4 is 0 Å². The first-order chi connectivity index (χ1) is 13.8. The second kappa shape index (κ2) is 7.40. The molecule has 4 aliphatic rings. The van der Waals surface area contributed by atoms with E-state index in [1.807, 2.05) is 19.4 Å². The van der Waals surface area contributed by atoms with Gasteiger partial charge in [-0.2, -0.15) is 0 Å². The van der Waals surface area contributed by atoms with Crippen LogP contribution >= 0.6 is 0 Å². The molecule has 1 heterocycles. The monoisotopic (exact) mass is 374 g/mol. The van der Waals surface area contributed by atoms with Crippen molar-refractivity contribution in [1.29, 1.82) is 0 Å². The highest BCUT2D eigenvalue weighted by molar-refractivity contribution is 5.62. The highest BCUT2D eigenvalue weighted by atomic mass is 16.5. The molecule has 0 N–H and O–H groups in total. The number of allylic oxidation sites excluding steroid dienone is 3. The quantitative estimate of drug-likeness (QED) is 0.625. The van der Waals surface area contributed by atoms with Gasteiger partial charge in [-0.3, -0.25) is 0 Å². The molecule has 3 aliphatic carbocycles. The number of benzene rings is 1. The summed E-state index contributed by atoms with van der Waals surface area (Å²) in [5.41, 5.74) is 6.01. The maximum atomic E-state index is 6.35. The standard InChI is InChI=1S/C26H30O2/c1-27-26-15-7-5-11-23(26)25(24-12-6-8-16-28-24)21-14-13-20(22(21)18-26)17-19-9-3-2-4-10-19/h2-4,6,8-10,12,16-17,23-25H,5,7,11,13-15,18H2,1H3. The summed E-state index contributed by atoms with van der Waals surface area (Å²) in [5, 5.41) is 0. The average Bonchev–Trinajstić information content (AvgIpc) is 3.15. The van der Waals surface area contributed by atoms with Gasteiger partial charge in [-0.25, -0.2) is 0 Å². The summed E-state index contributed by atoms with van der Waals surface area (Å²) in [7, 11) is 1.94. The minimum atomic E-state index is -0.0276. The van der Waals surface area contributed by atoms with E-state index in [1.165, 1.54) is 43.2 Å². The van der Waals surface area contributed by atoms with E-state index in [0.717, 1.165) is 12.8 Å². The molecule has 2 nitrogen and oxygen atoms in total. The van der Waals surface area contributed by atoms with Crippen LogP contribution in [0.3, 0.4) is 0 Å². The zero-order chi connectivity index (χ0) is 19.0. The lowest BCUT2D eigenvalue weighted by Gasteiger charge is -2.52. The van der Waals surface area contributed by atoms with Crippen LogP contribution in [0.2, 0.25) is 0 Å². The Morgan fingerprint density at radius 3 is 2.79 bits per heavy atom. The van der Waals surface area contributed by atoms with Gasteiger partial charge in [-0.05, 0) is 60.5 Å². The first-order valence-corrected chi connectivity index (χ1v) is 10.8. The van der Waals surface area contributed by atoms with Gasteiger partial charge in [0.15, 0.2) is 0 Å². The Morgan fingerprint density at radius 1 is 1.11 bits per heavy atom. The zero-order valence-corrected chi connectivity index (χ0v) is 16.8. The second-order valence-corrected chi connectivity index (χ2v) is 8.72. The van der Waals surface area contributed by atoms with E-state index in [-0.39, 0.29) is 11.7 Å². The summed E-state index contributed by atoms with van der Waals surface area (Å²) in [5.74, 6) is 0.995. The molecule has 0 radical (unpaired) electrons. The predicted octanol–water partition coefficient (Wildman–Crippen LogP) is 6.22. The first kappa shape index (κ1) is 18.0. The van der Waals surface area contributed by atoms with Crippen molar-refractivity contribution < 1.29 is 9.47 Å². The van der Waals surface area contributed by atoms with Crippen molar-refractivity contribution in [3.8, 4) is 0 Å². The second-order valence-electron chi connectivity index (χ2n) is 8.72. The molecular formula is C26H30O2. The molecule has 28 heavy (non-hydrogen) atoms. The molecule has 4 atom stereocenters. The molecule has 2 heteroatoms. The van der Waals surface area contributed by atoms with Crippen molar-refractivity contribution in [3.05, 3.63) is 77.1 Å². The summed E-state index contributed by atoms with van der Waals surface area (Å²) in [6.07, 6.45) is 19.2. The minimum Gasteiger partial charge on any atom is -0.493 e. The fourth-order valence-corrected chi connectivity index (χ4v) is 6.14. The SMILES string of the molecule is COC12CCCCC1C(C1C=CC=CO1)C1=C(C2)C(=Cc2ccccc2)CC1. The van der Waals surface area contributed by atoms with Crippen LogP contribution in [0, 0.1) is 11.8 Å². The maximum absolute atomic E-state index is 6.35. The molecule has 1 aromatic rings. The third-order valence-electron chi connectivity index (χ3n) is 7.42. The van der Waals surface area contributed by atoms with Crippen LogP contribution in [0.15, 0.2) is 71.5 Å². The minimum absolute atomic E-state index is 0.0276. The van der Waals surface area contributed by atoms with Gasteiger partial charge in [0.2, 0.25) is 0 Å². The van der Waals surface area contributed by atoms with E-state index in [1.54, 1.807) is 11.1 Å². The molecule has 5 rings (SSSR count). The van der Waals surface area contributed by atoms with E-state index < -0.39 is 0 Å². The molecule has 4 unspecified atom stereocenters. The number of hydrogen-bond acceptors (Lipinski definition) is 2. The van der Waals surface area contributed by atoms with E-state index in [4.69, 9.17) is 9.47 Å². The molecule has 0 amide bonds. The fraction of sp³-hybridized carbons (Fsp3) is 0.462. The van der Waals surface area contributed by atoms with Gasteiger partial charge in [-0.1, -0.05) is 60.9 Å². The van der Waals surface area contributed by atoms with E-state index in [9.17, 15) is 0 Å². The number of hydrogen-bond donors (Lipinski definition) is 0. The molecule has 0 spiro atoms. The smallest absolute Gasteiger partial charge is 0.123 e. The predicted molar refractivity (Wildman–Crippen MR) is 114 cm³/mol. The van der Waals surface area contributed by atoms with E-state index >= 15 is 0 Å². The summed E-state index contributed by atoms with van der Waals surface area (Å²) in [4.78, 5) is 0. The lowest BCUT2D eigenvalue weighted by atomic mass is 9.59. The Labute approximate surface area is 168 Å². The fourth-order valence-electron chi connectivity index (χ4n) is 6.14. The van der Waals surface area contributed by atoms with Gasteiger partial charge in [0, 0.05) is 19.4 Å². The molecule has 1 aliphatic heterocycles. The van der Waals surface area contributed by atoms with Crippen molar-refractivity contribution in [2.75, 3.05) is 7.11 Å². The Balaban J connectivity index is 1.59. The normalized spacial score (nSPS) is 35.6. The topological polar surface area (TPSA) is 18.5 Å². The van der Waals surface area contributed by atoms with Gasteiger partial charge in [0.1, 0.15) is 6.10 Å². The average molecular weight is 375 g/mol. The summed E-state index contributed by atoms with van der Waals surface area (Å²) in [6.45, 7) is 0. The molecule has 0 saturated heterocycles. The van der Waals surface area contributed by atoms with Crippen molar-refractivity contribution in [2.45, 2.75) is 56.7 Å². The highest BCUT2D eigenvalue weighted by Gasteiger charge is 2.53. The molecule has 1 aromatic carbocycles. The number of fused-ring (bicyclic) bond motifs is 1. The van der Waals surface area contributed by atoms with E-state index in [2.05, 4.69) is 48.6 Å². The van der Waals surface area contributed by atoms with Gasteiger partial charge in [0.25, 0.3) is 0 Å². The largest absolute Gasteiger partial charge is 0.493 e. The zero-order valence-electron chi connectivity index (χ0n) is 16.8. The van der Waals surface area contributed by atoms with Crippen molar-refractivity contribution in [1.82, 2.24) is 0 Å². The summed E-state index contributed by atoms with van der Waals surface area (Å²) >= 11 is 0. The van der Waals surface area contributed by atoms with E-state index in [0.29, 0.717) is 11.8 Å². The summed E-state index contributed by atoms with van der Waals surface area (Å²) in [6, 6.07) is 10.8. The van der Waals surface area contributed by atoms with Crippen LogP contribution in [-0.4, -0.2) is 18.8 Å². The van der Waals surface area contributed by atoms with Crippen LogP contribution in [0.5, 0.6) is 0 Å². The van der Waals surface area contributed by atoms with Crippen molar-refractivity contribution >= 4 is 6.08 Å². The molecular weight excluding hydrogens is 344 g/mol. The third kappa shape index (κ3) is 2.99. The van der Waals surface area contributed by atoms with Crippen molar-refractivity contribution in [3.63, 3.8) is 0 Å². The molecule has 0 bridgehead atoms. The van der Waals surface area contributed by atoms with Crippen LogP contribution in [0.1, 0.15) is 50.5 Å². The molecule has 1 saturated carbocycles. The Morgan fingerprint density at radius 2 is 2.00 bits per heavy atom. The lowest BCUT2D eigenvalue weighted by Crippen LogP contribution is -2.52. The molecule has 146 valence electrons. The third-order valence-corrected chi connectivity index (χ3v) is 7.42. The van der Waals surface area contributed by atoms with Crippen molar-refractivity contribution in [2.24, 2.45) is 11.8 Å². The first-order valence-electron chi connectivity index (χ1n) is 10.8. The Kier molecular flexibility index (Phi) is 4.76. The Bertz CT molecular complexity index is 844. The van der Waals surface area contributed by atoms with Crippen LogP contribution in [-0.2, 0) is 9.47 Å². The van der Waals surface area contributed by atoms with Gasteiger partial charge < -0.3 is 9.47 Å². The maximum Gasteiger partial charge on any atom is 0.123 e. The number of methoxy groups -OCH3 is 1. The lowest BCUT2D eigenvalue weighted by molar-refractivity contribution is -0.115.